The maximum atomic E-state index is 12.5. The van der Waals surface area contributed by atoms with Gasteiger partial charge in [0.15, 0.2) is 0 Å². The van der Waals surface area contributed by atoms with Gasteiger partial charge in [-0.25, -0.2) is 0 Å². The molecule has 0 atom stereocenters. The standard InChI is InChI=1S/C20H17F3N2O2/c1-25(2)19(27)16-7-5-14(6-8-16)4-3-13-24-18(26)15-9-11-17(12-10-15)20(21,22)23/h5-12H,13H2,1-2H3,(H,24,26). The molecule has 0 aliphatic heterocycles. The van der Waals surface area contributed by atoms with Crippen LogP contribution in [0.4, 0.5) is 13.2 Å². The Kier molecular flexibility index (Phi) is 6.24. The second-order valence-electron chi connectivity index (χ2n) is 5.84. The molecular weight excluding hydrogens is 357 g/mol. The minimum atomic E-state index is -4.44. The first-order valence-electron chi connectivity index (χ1n) is 7.94. The van der Waals surface area contributed by atoms with Gasteiger partial charge in [-0.1, -0.05) is 11.8 Å². The second-order valence-corrected chi connectivity index (χ2v) is 5.84. The minimum absolute atomic E-state index is 0.0399. The summed E-state index contributed by atoms with van der Waals surface area (Å²) in [6, 6.07) is 10.7. The first-order valence-corrected chi connectivity index (χ1v) is 7.94. The SMILES string of the molecule is CN(C)C(=O)c1ccc(C#CCNC(=O)c2ccc(C(F)(F)F)cc2)cc1. The normalized spacial score (nSPS) is 10.6. The Balaban J connectivity index is 1.91. The summed E-state index contributed by atoms with van der Waals surface area (Å²) < 4.78 is 37.5. The fourth-order valence-corrected chi connectivity index (χ4v) is 2.14. The molecule has 1 N–H and O–H groups in total. The van der Waals surface area contributed by atoms with Crippen LogP contribution in [0, 0.1) is 11.8 Å². The number of carbonyl (C=O) groups excluding carboxylic acids is 2. The van der Waals surface area contributed by atoms with E-state index in [1.54, 1.807) is 38.4 Å². The zero-order valence-electron chi connectivity index (χ0n) is 14.7. The topological polar surface area (TPSA) is 49.4 Å². The average Bonchev–Trinajstić information content (AvgIpc) is 2.64. The highest BCUT2D eigenvalue weighted by molar-refractivity contribution is 5.94. The van der Waals surface area contributed by atoms with E-state index in [1.165, 1.54) is 4.90 Å². The van der Waals surface area contributed by atoms with E-state index in [-0.39, 0.29) is 18.0 Å². The molecule has 0 radical (unpaired) electrons. The third-order valence-corrected chi connectivity index (χ3v) is 3.58. The van der Waals surface area contributed by atoms with E-state index >= 15 is 0 Å². The number of carbonyl (C=O) groups is 2. The van der Waals surface area contributed by atoms with Crippen molar-refractivity contribution in [1.82, 2.24) is 10.2 Å². The Hall–Kier alpha value is -3.27. The van der Waals surface area contributed by atoms with Crippen LogP contribution in [0.5, 0.6) is 0 Å². The van der Waals surface area contributed by atoms with E-state index in [4.69, 9.17) is 0 Å². The molecule has 7 heteroatoms. The first-order chi connectivity index (χ1) is 12.7. The predicted molar refractivity (Wildman–Crippen MR) is 95.1 cm³/mol. The lowest BCUT2D eigenvalue weighted by atomic mass is 10.1. The highest BCUT2D eigenvalue weighted by atomic mass is 19.4. The van der Waals surface area contributed by atoms with Crippen molar-refractivity contribution >= 4 is 11.8 Å². The summed E-state index contributed by atoms with van der Waals surface area (Å²) in [5.74, 6) is 4.97. The van der Waals surface area contributed by atoms with Crippen LogP contribution in [0.15, 0.2) is 48.5 Å². The number of nitrogens with zero attached hydrogens (tertiary/aromatic N) is 1. The van der Waals surface area contributed by atoms with Crippen LogP contribution < -0.4 is 5.32 Å². The van der Waals surface area contributed by atoms with E-state index < -0.39 is 17.6 Å². The molecule has 0 spiro atoms. The van der Waals surface area contributed by atoms with Gasteiger partial charge >= 0.3 is 6.18 Å². The number of alkyl halides is 3. The van der Waals surface area contributed by atoms with Crippen molar-refractivity contribution in [3.63, 3.8) is 0 Å². The number of amides is 2. The van der Waals surface area contributed by atoms with Crippen LogP contribution in [-0.2, 0) is 6.18 Å². The summed E-state index contributed by atoms with van der Waals surface area (Å²) in [4.78, 5) is 25.1. The summed E-state index contributed by atoms with van der Waals surface area (Å²) in [7, 11) is 3.32. The van der Waals surface area contributed by atoms with Crippen molar-refractivity contribution in [3.8, 4) is 11.8 Å². The Labute approximate surface area is 155 Å². The average molecular weight is 374 g/mol. The summed E-state index contributed by atoms with van der Waals surface area (Å²) in [5, 5.41) is 2.52. The van der Waals surface area contributed by atoms with E-state index in [9.17, 15) is 22.8 Å². The largest absolute Gasteiger partial charge is 0.416 e. The fraction of sp³-hybridized carbons (Fsp3) is 0.200. The van der Waals surface area contributed by atoms with Crippen molar-refractivity contribution in [2.75, 3.05) is 20.6 Å². The van der Waals surface area contributed by atoms with Crippen molar-refractivity contribution in [3.05, 3.63) is 70.8 Å². The lowest BCUT2D eigenvalue weighted by Crippen LogP contribution is -2.23. The van der Waals surface area contributed by atoms with Crippen molar-refractivity contribution in [2.24, 2.45) is 0 Å². The Morgan fingerprint density at radius 2 is 1.52 bits per heavy atom. The molecular formula is C20H17F3N2O2. The third kappa shape index (κ3) is 5.61. The summed E-state index contributed by atoms with van der Waals surface area (Å²) in [5.41, 5.74) is 0.529. The smallest absolute Gasteiger partial charge is 0.345 e. The molecule has 0 saturated heterocycles. The number of nitrogens with one attached hydrogen (secondary N) is 1. The minimum Gasteiger partial charge on any atom is -0.345 e. The van der Waals surface area contributed by atoms with Gasteiger partial charge in [0.05, 0.1) is 12.1 Å². The molecule has 0 heterocycles. The molecule has 140 valence electrons. The lowest BCUT2D eigenvalue weighted by Gasteiger charge is -2.09. The molecule has 0 aromatic heterocycles. The van der Waals surface area contributed by atoms with E-state index in [2.05, 4.69) is 17.2 Å². The van der Waals surface area contributed by atoms with Crippen LogP contribution in [-0.4, -0.2) is 37.4 Å². The zero-order valence-corrected chi connectivity index (χ0v) is 14.7. The summed E-state index contributed by atoms with van der Waals surface area (Å²) in [6.07, 6.45) is -4.44. The predicted octanol–water partition coefficient (Wildman–Crippen LogP) is 3.19. The van der Waals surface area contributed by atoms with Gasteiger partial charge in [0, 0.05) is 30.8 Å². The third-order valence-electron chi connectivity index (χ3n) is 3.58. The quantitative estimate of drug-likeness (QED) is 0.839. The number of halogens is 3. The highest BCUT2D eigenvalue weighted by Gasteiger charge is 2.30. The molecule has 2 rings (SSSR count). The fourth-order valence-electron chi connectivity index (χ4n) is 2.14. The maximum absolute atomic E-state index is 12.5. The monoisotopic (exact) mass is 374 g/mol. The van der Waals surface area contributed by atoms with Crippen molar-refractivity contribution in [2.45, 2.75) is 6.18 Å². The molecule has 2 aromatic rings. The van der Waals surface area contributed by atoms with Crippen molar-refractivity contribution < 1.29 is 22.8 Å². The van der Waals surface area contributed by atoms with Gasteiger partial charge in [0.1, 0.15) is 0 Å². The van der Waals surface area contributed by atoms with Crippen LogP contribution >= 0.6 is 0 Å². The Morgan fingerprint density at radius 3 is 2.04 bits per heavy atom. The number of benzene rings is 2. The van der Waals surface area contributed by atoms with Gasteiger partial charge in [0.25, 0.3) is 11.8 Å². The molecule has 0 saturated carbocycles. The van der Waals surface area contributed by atoms with E-state index in [1.807, 2.05) is 0 Å². The molecule has 0 aliphatic carbocycles. The summed E-state index contributed by atoms with van der Waals surface area (Å²) >= 11 is 0. The Bertz CT molecular complexity index is 875. The maximum Gasteiger partial charge on any atom is 0.416 e. The molecule has 0 unspecified atom stereocenters. The van der Waals surface area contributed by atoms with Crippen LogP contribution in [0.3, 0.4) is 0 Å². The lowest BCUT2D eigenvalue weighted by molar-refractivity contribution is -0.137. The van der Waals surface area contributed by atoms with Crippen LogP contribution in [0.2, 0.25) is 0 Å². The number of hydrogen-bond donors (Lipinski definition) is 1. The van der Waals surface area contributed by atoms with Crippen LogP contribution in [0.1, 0.15) is 31.8 Å². The molecule has 27 heavy (non-hydrogen) atoms. The Morgan fingerprint density at radius 1 is 0.963 bits per heavy atom. The molecule has 0 aliphatic rings. The van der Waals surface area contributed by atoms with E-state index in [0.717, 1.165) is 24.3 Å². The molecule has 4 nitrogen and oxygen atoms in total. The van der Waals surface area contributed by atoms with Crippen molar-refractivity contribution in [1.29, 1.82) is 0 Å². The number of rotatable bonds is 3. The second kappa shape index (κ2) is 8.41. The molecule has 0 fully saturated rings. The first kappa shape index (κ1) is 20.0. The van der Waals surface area contributed by atoms with Gasteiger partial charge in [0.2, 0.25) is 0 Å². The van der Waals surface area contributed by atoms with Gasteiger partial charge in [-0.2, -0.15) is 13.2 Å². The molecule has 2 amide bonds. The van der Waals surface area contributed by atoms with Gasteiger partial charge in [-0.15, -0.1) is 0 Å². The molecule has 0 bridgehead atoms. The zero-order chi connectivity index (χ0) is 20.0. The van der Waals surface area contributed by atoms with Crippen LogP contribution in [0.25, 0.3) is 0 Å². The van der Waals surface area contributed by atoms with Gasteiger partial charge < -0.3 is 10.2 Å². The van der Waals surface area contributed by atoms with Gasteiger partial charge in [-0.05, 0) is 48.5 Å². The highest BCUT2D eigenvalue weighted by Crippen LogP contribution is 2.29. The van der Waals surface area contributed by atoms with Gasteiger partial charge in [-0.3, -0.25) is 9.59 Å². The van der Waals surface area contributed by atoms with E-state index in [0.29, 0.717) is 11.1 Å². The molecule has 2 aromatic carbocycles. The summed E-state index contributed by atoms with van der Waals surface area (Å²) in [6.45, 7) is 0.0399. The number of hydrogen-bond acceptors (Lipinski definition) is 2.